The number of nitrogens with one attached hydrogen (secondary N) is 1. The minimum Gasteiger partial charge on any atom is -0.489 e. The van der Waals surface area contributed by atoms with Gasteiger partial charge in [-0.25, -0.2) is 10.8 Å². The summed E-state index contributed by atoms with van der Waals surface area (Å²) in [5.41, 5.74) is 2.00. The van der Waals surface area contributed by atoms with Gasteiger partial charge in [0.2, 0.25) is 11.5 Å². The van der Waals surface area contributed by atoms with Crippen LogP contribution in [-0.2, 0) is 0 Å². The molecule has 0 fully saturated rings. The Balaban J connectivity index is 2.51. The van der Waals surface area contributed by atoms with E-state index < -0.39 is 4.92 Å². The van der Waals surface area contributed by atoms with Crippen molar-refractivity contribution in [1.29, 1.82) is 0 Å². The molecule has 0 atom stereocenters. The lowest BCUT2D eigenvalue weighted by atomic mass is 10.3. The van der Waals surface area contributed by atoms with Crippen molar-refractivity contribution in [3.8, 4) is 17.4 Å². The normalized spacial score (nSPS) is 10.0. The SMILES string of the molecule is COc1c(NN)ncnc1Oc1c(Cl)cccc1[N+](=O)[O-]. The Labute approximate surface area is 123 Å². The number of hydrogen-bond donors (Lipinski definition) is 2. The molecule has 0 aliphatic rings. The van der Waals surface area contributed by atoms with Crippen LogP contribution in [0.4, 0.5) is 11.5 Å². The van der Waals surface area contributed by atoms with E-state index in [0.29, 0.717) is 0 Å². The van der Waals surface area contributed by atoms with Gasteiger partial charge in [-0.15, -0.1) is 0 Å². The van der Waals surface area contributed by atoms with Gasteiger partial charge in [0.1, 0.15) is 6.33 Å². The molecular weight excluding hydrogens is 302 g/mol. The molecule has 2 aromatic rings. The third kappa shape index (κ3) is 2.93. The number of hydrazine groups is 1. The molecule has 0 saturated heterocycles. The van der Waals surface area contributed by atoms with Crippen LogP contribution in [0.1, 0.15) is 0 Å². The molecule has 2 rings (SSSR count). The van der Waals surface area contributed by atoms with Gasteiger partial charge in [0, 0.05) is 6.07 Å². The predicted octanol–water partition coefficient (Wildman–Crippen LogP) is 2.12. The monoisotopic (exact) mass is 311 g/mol. The molecule has 21 heavy (non-hydrogen) atoms. The number of halogens is 1. The van der Waals surface area contributed by atoms with E-state index in [-0.39, 0.29) is 33.9 Å². The molecule has 1 aromatic carbocycles. The largest absolute Gasteiger partial charge is 0.489 e. The van der Waals surface area contributed by atoms with Crippen molar-refractivity contribution < 1.29 is 14.4 Å². The highest BCUT2D eigenvalue weighted by Gasteiger charge is 2.22. The second-order valence-electron chi connectivity index (χ2n) is 3.65. The summed E-state index contributed by atoms with van der Waals surface area (Å²) in [4.78, 5) is 18.1. The number of nitrogens with two attached hydrogens (primary N) is 1. The average molecular weight is 312 g/mol. The summed E-state index contributed by atoms with van der Waals surface area (Å²) in [6.45, 7) is 0. The van der Waals surface area contributed by atoms with Crippen LogP contribution in [-0.4, -0.2) is 22.0 Å². The topological polar surface area (TPSA) is 125 Å². The number of nitro benzene ring substituents is 1. The van der Waals surface area contributed by atoms with E-state index in [1.54, 1.807) is 0 Å². The lowest BCUT2D eigenvalue weighted by molar-refractivity contribution is -0.385. The fourth-order valence-corrected chi connectivity index (χ4v) is 1.76. The van der Waals surface area contributed by atoms with Gasteiger partial charge >= 0.3 is 5.69 Å². The van der Waals surface area contributed by atoms with Crippen LogP contribution >= 0.6 is 11.6 Å². The molecule has 0 aliphatic heterocycles. The smallest absolute Gasteiger partial charge is 0.313 e. The Morgan fingerprint density at radius 2 is 2.14 bits per heavy atom. The second-order valence-corrected chi connectivity index (χ2v) is 4.06. The van der Waals surface area contributed by atoms with E-state index in [1.165, 1.54) is 25.3 Å². The molecule has 10 heteroatoms. The average Bonchev–Trinajstić information content (AvgIpc) is 2.48. The zero-order chi connectivity index (χ0) is 15.4. The Hall–Kier alpha value is -2.65. The van der Waals surface area contributed by atoms with E-state index in [1.807, 2.05) is 0 Å². The fourth-order valence-electron chi connectivity index (χ4n) is 1.56. The number of para-hydroxylation sites is 1. The second kappa shape index (κ2) is 6.20. The number of anilines is 1. The Morgan fingerprint density at radius 1 is 1.38 bits per heavy atom. The molecule has 110 valence electrons. The first-order valence-corrected chi connectivity index (χ1v) is 5.92. The van der Waals surface area contributed by atoms with Crippen LogP contribution in [0, 0.1) is 10.1 Å². The van der Waals surface area contributed by atoms with Crippen LogP contribution in [0.25, 0.3) is 0 Å². The summed E-state index contributed by atoms with van der Waals surface area (Å²) in [5, 5.41) is 11.1. The molecule has 1 aromatic heterocycles. The molecule has 0 spiro atoms. The minimum atomic E-state index is -0.614. The Bertz CT molecular complexity index is 682. The lowest BCUT2D eigenvalue weighted by Crippen LogP contribution is -2.11. The first-order chi connectivity index (χ1) is 10.1. The molecule has 0 bridgehead atoms. The van der Waals surface area contributed by atoms with Crippen LogP contribution in [0.2, 0.25) is 5.02 Å². The maximum absolute atomic E-state index is 11.0. The van der Waals surface area contributed by atoms with Crippen molar-refractivity contribution in [3.63, 3.8) is 0 Å². The summed E-state index contributed by atoms with van der Waals surface area (Å²) < 4.78 is 10.5. The zero-order valence-electron chi connectivity index (χ0n) is 10.7. The van der Waals surface area contributed by atoms with Crippen LogP contribution < -0.4 is 20.7 Å². The number of nitrogen functional groups attached to an aromatic ring is 1. The summed E-state index contributed by atoms with van der Waals surface area (Å²) in [6.07, 6.45) is 1.16. The number of hydrogen-bond acceptors (Lipinski definition) is 8. The summed E-state index contributed by atoms with van der Waals surface area (Å²) in [7, 11) is 1.35. The molecule has 0 radical (unpaired) electrons. The van der Waals surface area contributed by atoms with Gasteiger partial charge in [-0.2, -0.15) is 4.98 Å². The van der Waals surface area contributed by atoms with E-state index in [2.05, 4.69) is 15.4 Å². The number of methoxy groups -OCH3 is 1. The van der Waals surface area contributed by atoms with Crippen molar-refractivity contribution in [1.82, 2.24) is 9.97 Å². The maximum Gasteiger partial charge on any atom is 0.313 e. The van der Waals surface area contributed by atoms with Crippen molar-refractivity contribution in [2.75, 3.05) is 12.5 Å². The first-order valence-electron chi connectivity index (χ1n) is 5.54. The fraction of sp³-hybridized carbons (Fsp3) is 0.0909. The highest BCUT2D eigenvalue weighted by molar-refractivity contribution is 6.32. The highest BCUT2D eigenvalue weighted by Crippen LogP contribution is 2.41. The van der Waals surface area contributed by atoms with E-state index in [0.717, 1.165) is 6.33 Å². The first kappa shape index (κ1) is 14.8. The Morgan fingerprint density at radius 3 is 2.76 bits per heavy atom. The van der Waals surface area contributed by atoms with Gasteiger partial charge < -0.3 is 14.9 Å². The molecule has 0 saturated carbocycles. The highest BCUT2D eigenvalue weighted by atomic mass is 35.5. The van der Waals surface area contributed by atoms with Gasteiger partial charge in [0.05, 0.1) is 17.1 Å². The minimum absolute atomic E-state index is 0.0587. The van der Waals surface area contributed by atoms with E-state index in [4.69, 9.17) is 26.9 Å². The number of rotatable bonds is 5. The van der Waals surface area contributed by atoms with Gasteiger partial charge in [0.25, 0.3) is 5.88 Å². The third-order valence-corrected chi connectivity index (χ3v) is 2.75. The molecule has 1 heterocycles. The van der Waals surface area contributed by atoms with Gasteiger partial charge in [-0.3, -0.25) is 10.1 Å². The van der Waals surface area contributed by atoms with E-state index >= 15 is 0 Å². The van der Waals surface area contributed by atoms with Crippen molar-refractivity contribution >= 4 is 23.1 Å². The van der Waals surface area contributed by atoms with Crippen LogP contribution in [0.15, 0.2) is 24.5 Å². The predicted molar refractivity (Wildman–Crippen MR) is 74.6 cm³/mol. The number of ether oxygens (including phenoxy) is 2. The number of benzene rings is 1. The molecule has 0 amide bonds. The van der Waals surface area contributed by atoms with Gasteiger partial charge in [0.15, 0.2) is 5.82 Å². The Kier molecular flexibility index (Phi) is 4.36. The quantitative estimate of drug-likeness (QED) is 0.488. The summed E-state index contributed by atoms with van der Waals surface area (Å²) >= 11 is 5.94. The van der Waals surface area contributed by atoms with Gasteiger partial charge in [-0.1, -0.05) is 17.7 Å². The third-order valence-electron chi connectivity index (χ3n) is 2.45. The van der Waals surface area contributed by atoms with Crippen molar-refractivity contribution in [2.24, 2.45) is 5.84 Å². The number of nitrogens with zero attached hydrogens (tertiary/aromatic N) is 3. The molecule has 0 aliphatic carbocycles. The van der Waals surface area contributed by atoms with Crippen molar-refractivity contribution in [3.05, 3.63) is 39.7 Å². The van der Waals surface area contributed by atoms with E-state index in [9.17, 15) is 10.1 Å². The van der Waals surface area contributed by atoms with Crippen LogP contribution in [0.3, 0.4) is 0 Å². The molecule has 0 unspecified atom stereocenters. The summed E-state index contributed by atoms with van der Waals surface area (Å²) in [6, 6.07) is 4.16. The lowest BCUT2D eigenvalue weighted by Gasteiger charge is -2.12. The zero-order valence-corrected chi connectivity index (χ0v) is 11.5. The number of aromatic nitrogens is 2. The van der Waals surface area contributed by atoms with Crippen LogP contribution in [0.5, 0.6) is 17.4 Å². The van der Waals surface area contributed by atoms with Crippen molar-refractivity contribution in [2.45, 2.75) is 0 Å². The number of nitro groups is 1. The maximum atomic E-state index is 11.0. The summed E-state index contributed by atoms with van der Waals surface area (Å²) in [5.74, 6) is 5.33. The molecule has 9 nitrogen and oxygen atoms in total. The standard InChI is InChI=1S/C11H10ClN5O4/c1-20-9-10(16-13)14-5-15-11(9)21-8-6(12)3-2-4-7(8)17(18)19/h2-5H,13H2,1H3,(H,14,15,16). The molecule has 3 N–H and O–H groups in total. The molecular formula is C11H10ClN5O4. The van der Waals surface area contributed by atoms with Gasteiger partial charge in [-0.05, 0) is 6.07 Å².